The lowest BCUT2D eigenvalue weighted by molar-refractivity contribution is -0.150. The average molecular weight is 305 g/mol. The number of aliphatic carboxylic acids is 1. The standard InChI is InChI=1S/C15H16FN3O3/c1-15(14(21)22)6-2-3-7-19(15)13(20)12-17-10-5-4-9(16)8-11(10)18-12/h4-5,8H,2-3,6-7H2,1H3,(H,17,18)(H,21,22). The van der Waals surface area contributed by atoms with E-state index in [4.69, 9.17) is 0 Å². The first-order valence-electron chi connectivity index (χ1n) is 7.12. The number of aromatic nitrogens is 2. The van der Waals surface area contributed by atoms with Gasteiger partial charge in [-0.1, -0.05) is 0 Å². The number of likely N-dealkylation sites (tertiary alicyclic amines) is 1. The summed E-state index contributed by atoms with van der Waals surface area (Å²) in [5, 5.41) is 9.47. The summed E-state index contributed by atoms with van der Waals surface area (Å²) < 4.78 is 13.2. The van der Waals surface area contributed by atoms with E-state index in [1.807, 2.05) is 0 Å². The Morgan fingerprint density at radius 3 is 2.91 bits per heavy atom. The largest absolute Gasteiger partial charge is 0.480 e. The van der Waals surface area contributed by atoms with E-state index >= 15 is 0 Å². The van der Waals surface area contributed by atoms with Gasteiger partial charge < -0.3 is 15.0 Å². The van der Waals surface area contributed by atoms with Crippen molar-refractivity contribution in [3.05, 3.63) is 29.8 Å². The molecule has 1 aromatic carbocycles. The Bertz CT molecular complexity index is 758. The second-order valence-electron chi connectivity index (χ2n) is 5.74. The highest BCUT2D eigenvalue weighted by atomic mass is 19.1. The van der Waals surface area contributed by atoms with Gasteiger partial charge in [0.1, 0.15) is 11.4 Å². The summed E-state index contributed by atoms with van der Waals surface area (Å²) in [7, 11) is 0. The number of imidazole rings is 1. The number of nitrogens with one attached hydrogen (secondary N) is 1. The number of carboxylic acid groups (broad SMARTS) is 1. The molecule has 1 aliphatic heterocycles. The second-order valence-corrected chi connectivity index (χ2v) is 5.74. The van der Waals surface area contributed by atoms with Crippen molar-refractivity contribution < 1.29 is 19.1 Å². The van der Waals surface area contributed by atoms with E-state index in [9.17, 15) is 19.1 Å². The number of H-pyrrole nitrogens is 1. The van der Waals surface area contributed by atoms with Gasteiger partial charge in [0.15, 0.2) is 5.82 Å². The Kier molecular flexibility index (Phi) is 3.35. The van der Waals surface area contributed by atoms with Gasteiger partial charge in [0, 0.05) is 6.54 Å². The maximum atomic E-state index is 13.2. The Hall–Kier alpha value is -2.44. The molecule has 1 unspecified atom stereocenters. The van der Waals surface area contributed by atoms with E-state index in [1.54, 1.807) is 6.92 Å². The van der Waals surface area contributed by atoms with Crippen LogP contribution in [0.15, 0.2) is 18.2 Å². The minimum absolute atomic E-state index is 0.0370. The number of carbonyl (C=O) groups is 2. The van der Waals surface area contributed by atoms with Crippen molar-refractivity contribution in [2.24, 2.45) is 0 Å². The quantitative estimate of drug-likeness (QED) is 0.890. The van der Waals surface area contributed by atoms with Crippen molar-refractivity contribution in [1.82, 2.24) is 14.9 Å². The van der Waals surface area contributed by atoms with E-state index < -0.39 is 23.2 Å². The van der Waals surface area contributed by atoms with E-state index in [0.29, 0.717) is 24.0 Å². The number of carbonyl (C=O) groups excluding carboxylic acids is 1. The summed E-state index contributed by atoms with van der Waals surface area (Å²) in [6.07, 6.45) is 1.92. The van der Waals surface area contributed by atoms with Crippen LogP contribution in [0.2, 0.25) is 0 Å². The first-order chi connectivity index (χ1) is 10.4. The highest BCUT2D eigenvalue weighted by Gasteiger charge is 2.44. The molecule has 2 heterocycles. The third-order valence-electron chi connectivity index (χ3n) is 4.24. The zero-order valence-corrected chi connectivity index (χ0v) is 12.1. The van der Waals surface area contributed by atoms with Gasteiger partial charge in [-0.25, -0.2) is 14.2 Å². The Balaban J connectivity index is 1.98. The van der Waals surface area contributed by atoms with Gasteiger partial charge in [-0.05, 0) is 44.4 Å². The van der Waals surface area contributed by atoms with E-state index in [2.05, 4.69) is 9.97 Å². The molecule has 1 aliphatic rings. The number of hydrogen-bond donors (Lipinski definition) is 2. The molecule has 1 saturated heterocycles. The van der Waals surface area contributed by atoms with Gasteiger partial charge in [-0.2, -0.15) is 0 Å². The van der Waals surface area contributed by atoms with Gasteiger partial charge >= 0.3 is 5.97 Å². The van der Waals surface area contributed by atoms with Crippen LogP contribution in [0.25, 0.3) is 11.0 Å². The first-order valence-corrected chi connectivity index (χ1v) is 7.12. The molecule has 0 aliphatic carbocycles. The number of halogens is 1. The van der Waals surface area contributed by atoms with Crippen LogP contribution in [0.5, 0.6) is 0 Å². The highest BCUT2D eigenvalue weighted by molar-refractivity contribution is 5.97. The molecule has 3 rings (SSSR count). The van der Waals surface area contributed by atoms with Gasteiger partial charge in [0.25, 0.3) is 5.91 Å². The fraction of sp³-hybridized carbons (Fsp3) is 0.400. The molecule has 1 amide bonds. The predicted molar refractivity (Wildman–Crippen MR) is 77.0 cm³/mol. The third-order valence-corrected chi connectivity index (χ3v) is 4.24. The van der Waals surface area contributed by atoms with Crippen LogP contribution in [0, 0.1) is 5.82 Å². The molecular weight excluding hydrogens is 289 g/mol. The first kappa shape index (κ1) is 14.5. The number of fused-ring (bicyclic) bond motifs is 1. The summed E-state index contributed by atoms with van der Waals surface area (Å²) in [6, 6.07) is 4.00. The predicted octanol–water partition coefficient (Wildman–Crippen LogP) is 2.17. The number of rotatable bonds is 2. The second kappa shape index (κ2) is 5.08. The maximum absolute atomic E-state index is 13.2. The number of carboxylic acids is 1. The summed E-state index contributed by atoms with van der Waals surface area (Å²) in [6.45, 7) is 1.92. The monoisotopic (exact) mass is 305 g/mol. The maximum Gasteiger partial charge on any atom is 0.329 e. The van der Waals surface area contributed by atoms with Crippen molar-refractivity contribution in [2.75, 3.05) is 6.54 Å². The van der Waals surface area contributed by atoms with Crippen molar-refractivity contribution in [2.45, 2.75) is 31.7 Å². The summed E-state index contributed by atoms with van der Waals surface area (Å²) in [5.41, 5.74) is -0.351. The molecule has 116 valence electrons. The van der Waals surface area contributed by atoms with Crippen LogP contribution in [-0.2, 0) is 4.79 Å². The molecule has 1 aromatic heterocycles. The molecule has 2 aromatic rings. The molecule has 1 fully saturated rings. The van der Waals surface area contributed by atoms with Crippen LogP contribution < -0.4 is 0 Å². The molecule has 0 spiro atoms. The summed E-state index contributed by atoms with van der Waals surface area (Å²) in [4.78, 5) is 32.5. The summed E-state index contributed by atoms with van der Waals surface area (Å²) in [5.74, 6) is -1.89. The number of aromatic amines is 1. The Morgan fingerprint density at radius 2 is 2.18 bits per heavy atom. The molecule has 0 saturated carbocycles. The van der Waals surface area contributed by atoms with Crippen LogP contribution >= 0.6 is 0 Å². The fourth-order valence-corrected chi connectivity index (χ4v) is 2.88. The number of benzene rings is 1. The Labute approximate surface area is 125 Å². The molecule has 22 heavy (non-hydrogen) atoms. The molecule has 6 nitrogen and oxygen atoms in total. The van der Waals surface area contributed by atoms with Crippen molar-refractivity contribution >= 4 is 22.9 Å². The van der Waals surface area contributed by atoms with Crippen LogP contribution in [0.1, 0.15) is 36.8 Å². The van der Waals surface area contributed by atoms with Gasteiger partial charge in [0.05, 0.1) is 11.0 Å². The SMILES string of the molecule is CC1(C(=O)O)CCCCN1C(=O)c1nc2ccc(F)cc2[nH]1. The summed E-state index contributed by atoms with van der Waals surface area (Å²) >= 11 is 0. The van der Waals surface area contributed by atoms with Crippen molar-refractivity contribution in [3.63, 3.8) is 0 Å². The number of nitrogens with zero attached hydrogens (tertiary/aromatic N) is 2. The normalized spacial score (nSPS) is 22.0. The van der Waals surface area contributed by atoms with Crippen LogP contribution in [-0.4, -0.2) is 43.9 Å². The van der Waals surface area contributed by atoms with Gasteiger partial charge in [-0.3, -0.25) is 4.79 Å². The minimum Gasteiger partial charge on any atom is -0.480 e. The Morgan fingerprint density at radius 1 is 1.41 bits per heavy atom. The van der Waals surface area contributed by atoms with E-state index in [1.165, 1.54) is 23.1 Å². The average Bonchev–Trinajstić information content (AvgIpc) is 2.90. The molecule has 7 heteroatoms. The smallest absolute Gasteiger partial charge is 0.329 e. The minimum atomic E-state index is -1.24. The van der Waals surface area contributed by atoms with Crippen LogP contribution in [0.4, 0.5) is 4.39 Å². The lowest BCUT2D eigenvalue weighted by Gasteiger charge is -2.41. The third kappa shape index (κ3) is 2.22. The topological polar surface area (TPSA) is 86.3 Å². The number of hydrogen-bond acceptors (Lipinski definition) is 3. The van der Waals surface area contributed by atoms with Crippen LogP contribution in [0.3, 0.4) is 0 Å². The van der Waals surface area contributed by atoms with Gasteiger partial charge in [0.2, 0.25) is 0 Å². The molecule has 0 bridgehead atoms. The lowest BCUT2D eigenvalue weighted by atomic mass is 9.88. The van der Waals surface area contributed by atoms with Crippen molar-refractivity contribution in [1.29, 1.82) is 0 Å². The van der Waals surface area contributed by atoms with E-state index in [-0.39, 0.29) is 5.82 Å². The molecule has 2 N–H and O–H groups in total. The van der Waals surface area contributed by atoms with Crippen molar-refractivity contribution in [3.8, 4) is 0 Å². The van der Waals surface area contributed by atoms with E-state index in [0.717, 1.165) is 12.8 Å². The molecule has 1 atom stereocenters. The molecular formula is C15H16FN3O3. The number of amides is 1. The zero-order valence-electron chi connectivity index (χ0n) is 12.1. The highest BCUT2D eigenvalue weighted by Crippen LogP contribution is 2.29. The van der Waals surface area contributed by atoms with Gasteiger partial charge in [-0.15, -0.1) is 0 Å². The lowest BCUT2D eigenvalue weighted by Crippen LogP contribution is -2.57. The molecule has 0 radical (unpaired) electrons. The number of piperidine rings is 1. The zero-order chi connectivity index (χ0) is 15.9. The fourth-order valence-electron chi connectivity index (χ4n) is 2.88.